The van der Waals surface area contributed by atoms with Gasteiger partial charge in [-0.05, 0) is 189 Å². The van der Waals surface area contributed by atoms with Crippen molar-refractivity contribution in [2.24, 2.45) is 0 Å². The molecule has 3 N–H and O–H groups in total. The SMILES string of the molecule is COC(=O)CCn1cc(-c2cccc([C@@H](C)O)c2)cn1.COC(=O)CCn1cc(Br)cn1.C[C@@H](O)c1cccc(B2OC(C)(C)C(C)(C)O2)n1.O=[C-]OO.[Na].[Na].[Pd].c1ccc(P(c2ccccc2)c2ccccc2)cc1.c1ccc(P(c2ccccc2)c2ccccc2)cc1.c1ccc(P(c2ccccc2)c2ccccc2)cc1.c1ccc(P(c2ccccc2)c2ccccc2)cc1. The van der Waals surface area contributed by atoms with Crippen LogP contribution in [0.3, 0.4) is 0 Å². The maximum atomic E-state index is 11.1. The second-order valence-electron chi connectivity index (χ2n) is 30.2. The maximum Gasteiger partial charge on any atom is 0.514 e. The minimum absolute atomic E-state index is 0. The summed E-state index contributed by atoms with van der Waals surface area (Å²) >= 11 is 3.26. The molecule has 0 amide bonds. The van der Waals surface area contributed by atoms with Crippen LogP contribution < -0.4 is 69.2 Å². The van der Waals surface area contributed by atoms with Crippen LogP contribution in [-0.4, -0.2) is 150 Å². The van der Waals surface area contributed by atoms with Gasteiger partial charge in [0.2, 0.25) is 0 Å². The van der Waals surface area contributed by atoms with Crippen molar-refractivity contribution >= 4 is 202 Å². The van der Waals surface area contributed by atoms with Gasteiger partial charge in [-0.1, -0.05) is 388 Å². The Balaban J connectivity index is 0.000000210. The molecule has 1 aliphatic rings. The zero-order valence-electron chi connectivity index (χ0n) is 76.4. The number of aromatic nitrogens is 5. The van der Waals surface area contributed by atoms with E-state index in [2.05, 4.69) is 409 Å². The van der Waals surface area contributed by atoms with E-state index in [1.165, 1.54) is 77.9 Å². The number of aliphatic hydroxyl groups is 2. The first kappa shape index (κ1) is 111. The van der Waals surface area contributed by atoms with E-state index in [9.17, 15) is 19.8 Å². The van der Waals surface area contributed by atoms with Gasteiger partial charge in [0.25, 0.3) is 0 Å². The first-order chi connectivity index (χ1) is 63.3. The summed E-state index contributed by atoms with van der Waals surface area (Å²) < 4.78 is 25.2. The monoisotopic (exact) mass is 2020 g/mol. The van der Waals surface area contributed by atoms with Crippen LogP contribution >= 0.6 is 47.6 Å². The summed E-state index contributed by atoms with van der Waals surface area (Å²) in [5.74, 6) is -0.472. The fraction of sp³-hybridized carbons (Fsp3) is 0.148. The fourth-order valence-electron chi connectivity index (χ4n) is 13.2. The van der Waals surface area contributed by atoms with Crippen LogP contribution in [0.15, 0.2) is 436 Å². The van der Waals surface area contributed by atoms with Crippen molar-refractivity contribution in [1.29, 1.82) is 0 Å². The predicted molar refractivity (Wildman–Crippen MR) is 554 cm³/mol. The number of esters is 2. The van der Waals surface area contributed by atoms with Crippen LogP contribution in [0.25, 0.3) is 11.1 Å². The number of halogens is 1. The summed E-state index contributed by atoms with van der Waals surface area (Å²) in [6.45, 7) is 13.2. The number of carbonyl (C=O) groups is 2. The van der Waals surface area contributed by atoms with E-state index in [1.54, 1.807) is 41.7 Å². The Morgan fingerprint density at radius 1 is 0.391 bits per heavy atom. The molecule has 16 nitrogen and oxygen atoms in total. The Kier molecular flexibility index (Phi) is 50.0. The van der Waals surface area contributed by atoms with Crippen molar-refractivity contribution in [2.75, 3.05) is 14.2 Å². The van der Waals surface area contributed by atoms with Gasteiger partial charge in [0, 0.05) is 97.5 Å². The summed E-state index contributed by atoms with van der Waals surface area (Å²) in [5.41, 5.74) is 3.39. The van der Waals surface area contributed by atoms with Crippen LogP contribution in [-0.2, 0) is 71.6 Å². The topological polar surface area (TPSA) is 207 Å². The summed E-state index contributed by atoms with van der Waals surface area (Å²) in [7, 11) is 0.488. The van der Waals surface area contributed by atoms with Crippen molar-refractivity contribution in [3.63, 3.8) is 0 Å². The van der Waals surface area contributed by atoms with Crippen LogP contribution in [0.5, 0.6) is 0 Å². The molecule has 1 fully saturated rings. The van der Waals surface area contributed by atoms with E-state index in [-0.39, 0.29) is 103 Å². The number of ether oxygens (including phenoxy) is 2. The second-order valence-corrected chi connectivity index (χ2v) is 40.0. The van der Waals surface area contributed by atoms with Crippen LogP contribution in [0, 0.1) is 0 Å². The molecular weight excluding hydrogens is 1910 g/mol. The van der Waals surface area contributed by atoms with Gasteiger partial charge in [-0.2, -0.15) is 10.2 Å². The molecule has 0 aliphatic carbocycles. The van der Waals surface area contributed by atoms with Crippen LogP contribution in [0.1, 0.15) is 77.8 Å². The van der Waals surface area contributed by atoms with Gasteiger partial charge in [0.05, 0.1) is 91.7 Å². The van der Waals surface area contributed by atoms with Crippen molar-refractivity contribution in [2.45, 2.75) is 90.9 Å². The van der Waals surface area contributed by atoms with Crippen molar-refractivity contribution < 1.29 is 73.9 Å². The normalized spacial score (nSPS) is 12.0. The van der Waals surface area contributed by atoms with E-state index in [0.717, 1.165) is 27.6 Å². The molecule has 25 heteroatoms. The first-order valence-electron chi connectivity index (χ1n) is 42.4. The summed E-state index contributed by atoms with van der Waals surface area (Å²) in [4.78, 5) is 37.5. The summed E-state index contributed by atoms with van der Waals surface area (Å²) in [6, 6.07) is 142. The Hall–Kier alpha value is -9.43. The number of hydrogen-bond donors (Lipinski definition) is 3. The molecule has 133 heavy (non-hydrogen) atoms. The number of methoxy groups -OCH3 is 2. The largest absolute Gasteiger partial charge is 0.514 e. The second kappa shape index (κ2) is 60.1. The third kappa shape index (κ3) is 36.0. The molecule has 1 saturated heterocycles. The van der Waals surface area contributed by atoms with Gasteiger partial charge in [-0.15, -0.1) is 0 Å². The molecule has 0 spiro atoms. The van der Waals surface area contributed by atoms with Crippen molar-refractivity contribution in [3.8, 4) is 11.1 Å². The molecule has 4 heterocycles. The van der Waals surface area contributed by atoms with Gasteiger partial charge < -0.3 is 38.7 Å². The van der Waals surface area contributed by atoms with E-state index >= 15 is 0 Å². The Morgan fingerprint density at radius 2 is 0.647 bits per heavy atom. The molecule has 674 valence electrons. The quantitative estimate of drug-likeness (QED) is 0.0104. The van der Waals surface area contributed by atoms with E-state index in [4.69, 9.17) is 19.4 Å². The van der Waals surface area contributed by atoms with Crippen molar-refractivity contribution in [3.05, 3.63) is 447 Å². The Bertz CT molecular complexity index is 5050. The molecule has 13 aromatic carbocycles. The first-order valence-corrected chi connectivity index (χ1v) is 48.5. The van der Waals surface area contributed by atoms with Gasteiger partial charge in [0.15, 0.2) is 0 Å². The van der Waals surface area contributed by atoms with Gasteiger partial charge in [-0.25, -0.2) is 5.26 Å². The average molecular weight is 2020 g/mol. The molecule has 2 radical (unpaired) electrons. The number of aryl methyl sites for hydroxylation is 2. The smallest absolute Gasteiger partial charge is 0.509 e. The van der Waals surface area contributed by atoms with Gasteiger partial charge >= 0.3 is 19.1 Å². The number of rotatable bonds is 23. The minimum atomic E-state index is -0.590. The van der Waals surface area contributed by atoms with E-state index in [0.29, 0.717) is 37.2 Å². The Morgan fingerprint density at radius 3 is 0.880 bits per heavy atom. The molecule has 1 aliphatic heterocycles. The number of benzene rings is 13. The Labute approximate surface area is 854 Å². The zero-order valence-corrected chi connectivity index (χ0v) is 87.1. The predicted octanol–water partition coefficient (Wildman–Crippen LogP) is 17.4. The number of hydrogen-bond acceptors (Lipinski definition) is 14. The number of pyridine rings is 1. The molecule has 16 aromatic rings. The number of carbonyl (C=O) groups excluding carboxylic acids is 3. The molecule has 0 saturated carbocycles. The van der Waals surface area contributed by atoms with Crippen LogP contribution in [0.4, 0.5) is 0 Å². The van der Waals surface area contributed by atoms with E-state index in [1.807, 2.05) is 76.5 Å². The number of aliphatic hydroxyl groups excluding tert-OH is 2. The fourth-order valence-corrected chi connectivity index (χ4v) is 22.7. The van der Waals surface area contributed by atoms with Crippen LogP contribution in [0.2, 0.25) is 0 Å². The zero-order chi connectivity index (χ0) is 92.1. The molecular formula is C108H108BBrN5Na2O11P4Pd-. The number of nitrogens with zero attached hydrogens (tertiary/aromatic N) is 5. The third-order valence-electron chi connectivity index (χ3n) is 20.4. The summed E-state index contributed by atoms with van der Waals surface area (Å²) in [5, 5.41) is 51.1. The van der Waals surface area contributed by atoms with Gasteiger partial charge in [-0.3, -0.25) is 23.9 Å². The summed E-state index contributed by atoms with van der Waals surface area (Å²) in [6.07, 6.45) is 6.68. The standard InChI is InChI=1S/4C18H15P.C15H18N2O3.C13H20BNO3.C7H9BrN2O2.CHO3.2Na.Pd/c4*1-4-10-16(11-5-1)19(17-12-6-2-7-13-17)18-14-8-3-9-15-18;1-11(18)12-4-3-5-13(8-12)14-9-16-17(10-14)7-6-15(19)20-2;1-9(16)10-7-6-8-11(15-10)14-17-12(2,3)13(4,5)18-14;1-12-7(11)2-3-10-5-6(8)4-9-10;2-1-4-3;;;/h4*1-15H;3-5,8-11,18H,6-7H2,1-2H3;6-9,16H,1-5H3;4-5H,2-3H2,1H3;3H;;;/q;;;;;;;-1;;;/t;;;;11-;9-;;;;;/m....11...../s1. The molecule has 3 aromatic heterocycles. The van der Waals surface area contributed by atoms with Gasteiger partial charge in [0.1, 0.15) is 0 Å². The molecule has 17 rings (SSSR count). The van der Waals surface area contributed by atoms with E-state index < -0.39 is 51.0 Å². The third-order valence-corrected chi connectivity index (χ3v) is 30.6. The maximum absolute atomic E-state index is 11.1. The van der Waals surface area contributed by atoms with Crippen molar-refractivity contribution in [1.82, 2.24) is 24.5 Å². The molecule has 0 bridgehead atoms. The molecule has 2 atom stereocenters. The average Bonchev–Trinajstić information content (AvgIpc) is 1.62. The molecule has 0 unspecified atom stereocenters. The minimum Gasteiger partial charge on any atom is -0.509 e.